The van der Waals surface area contributed by atoms with Gasteiger partial charge >= 0.3 is 0 Å². The molecule has 0 amide bonds. The largest absolute Gasteiger partial charge is 0.379 e. The fourth-order valence-electron chi connectivity index (χ4n) is 3.32. The van der Waals surface area contributed by atoms with Crippen molar-refractivity contribution in [1.29, 1.82) is 5.26 Å². The number of rotatable bonds is 1. The van der Waals surface area contributed by atoms with Gasteiger partial charge in [0.1, 0.15) is 5.54 Å². The number of nitrogens with zero attached hydrogens (tertiary/aromatic N) is 2. The van der Waals surface area contributed by atoms with Crippen molar-refractivity contribution in [1.82, 2.24) is 4.90 Å². The van der Waals surface area contributed by atoms with Crippen LogP contribution in [0.3, 0.4) is 0 Å². The Morgan fingerprint density at radius 2 is 1.71 bits per heavy atom. The minimum Gasteiger partial charge on any atom is -0.379 e. The molecule has 2 aliphatic heterocycles. The van der Waals surface area contributed by atoms with Crippen molar-refractivity contribution in [3.8, 4) is 6.07 Å². The van der Waals surface area contributed by atoms with Crippen LogP contribution in [0.5, 0.6) is 0 Å². The summed E-state index contributed by atoms with van der Waals surface area (Å²) in [6.07, 6.45) is 0.753. The lowest BCUT2D eigenvalue weighted by atomic mass is 9.78. The standard InChI is InChI=1S/C13H22N2O2/c1-11(2)9-13(10-14,12(3,4)17-11)15-5-7-16-8-6-15/h5-9H2,1-4H3. The molecule has 0 radical (unpaired) electrons. The average molecular weight is 238 g/mol. The van der Waals surface area contributed by atoms with Crippen LogP contribution in [0.25, 0.3) is 0 Å². The summed E-state index contributed by atoms with van der Waals surface area (Å²) in [5, 5.41) is 9.72. The molecule has 1 unspecified atom stereocenters. The highest BCUT2D eigenvalue weighted by Crippen LogP contribution is 2.48. The first-order valence-corrected chi connectivity index (χ1v) is 6.27. The molecule has 4 heteroatoms. The molecule has 0 spiro atoms. The van der Waals surface area contributed by atoms with Crippen LogP contribution in [0.4, 0.5) is 0 Å². The van der Waals surface area contributed by atoms with E-state index in [0.29, 0.717) is 13.2 Å². The second kappa shape index (κ2) is 3.94. The fourth-order valence-corrected chi connectivity index (χ4v) is 3.32. The first-order valence-electron chi connectivity index (χ1n) is 6.27. The summed E-state index contributed by atoms with van der Waals surface area (Å²) in [6.45, 7) is 11.2. The molecule has 0 aromatic carbocycles. The Morgan fingerprint density at radius 3 is 2.12 bits per heavy atom. The summed E-state index contributed by atoms with van der Waals surface area (Å²) in [4.78, 5) is 2.24. The Kier molecular flexibility index (Phi) is 2.97. The van der Waals surface area contributed by atoms with Crippen LogP contribution >= 0.6 is 0 Å². The zero-order chi connectivity index (χ0) is 12.7. The van der Waals surface area contributed by atoms with Gasteiger partial charge in [0, 0.05) is 19.5 Å². The van der Waals surface area contributed by atoms with Gasteiger partial charge in [-0.25, -0.2) is 0 Å². The Hall–Kier alpha value is -0.630. The van der Waals surface area contributed by atoms with Crippen LogP contribution in [0.1, 0.15) is 34.1 Å². The van der Waals surface area contributed by atoms with Crippen molar-refractivity contribution >= 4 is 0 Å². The molecule has 2 saturated heterocycles. The van der Waals surface area contributed by atoms with E-state index in [1.165, 1.54) is 0 Å². The number of nitriles is 1. The van der Waals surface area contributed by atoms with Gasteiger partial charge in [0.15, 0.2) is 0 Å². The molecular formula is C13H22N2O2. The molecule has 4 nitrogen and oxygen atoms in total. The lowest BCUT2D eigenvalue weighted by Gasteiger charge is -2.44. The average Bonchev–Trinajstić information content (AvgIpc) is 2.45. The molecule has 0 aromatic rings. The highest BCUT2D eigenvalue weighted by molar-refractivity contribution is 5.24. The molecule has 96 valence electrons. The van der Waals surface area contributed by atoms with E-state index < -0.39 is 11.1 Å². The minimum absolute atomic E-state index is 0.239. The van der Waals surface area contributed by atoms with E-state index in [-0.39, 0.29) is 5.60 Å². The number of ether oxygens (including phenoxy) is 2. The zero-order valence-electron chi connectivity index (χ0n) is 11.2. The van der Waals surface area contributed by atoms with Crippen LogP contribution in [-0.2, 0) is 9.47 Å². The van der Waals surface area contributed by atoms with E-state index in [1.54, 1.807) is 0 Å². The Balaban J connectivity index is 2.33. The summed E-state index contributed by atoms with van der Waals surface area (Å²) < 4.78 is 11.5. The molecular weight excluding hydrogens is 216 g/mol. The van der Waals surface area contributed by atoms with Crippen LogP contribution in [0.15, 0.2) is 0 Å². The van der Waals surface area contributed by atoms with Crippen molar-refractivity contribution in [3.63, 3.8) is 0 Å². The molecule has 0 bridgehead atoms. The van der Waals surface area contributed by atoms with Crippen LogP contribution in [0.2, 0.25) is 0 Å². The van der Waals surface area contributed by atoms with Crippen LogP contribution < -0.4 is 0 Å². The monoisotopic (exact) mass is 238 g/mol. The van der Waals surface area contributed by atoms with E-state index >= 15 is 0 Å². The third-order valence-electron chi connectivity index (χ3n) is 3.94. The minimum atomic E-state index is -0.527. The highest BCUT2D eigenvalue weighted by atomic mass is 16.5. The Labute approximate surface area is 103 Å². The fraction of sp³-hybridized carbons (Fsp3) is 0.923. The van der Waals surface area contributed by atoms with Gasteiger partial charge in [0.05, 0.1) is 30.5 Å². The lowest BCUT2D eigenvalue weighted by molar-refractivity contribution is -0.104. The van der Waals surface area contributed by atoms with Gasteiger partial charge < -0.3 is 9.47 Å². The van der Waals surface area contributed by atoms with Gasteiger partial charge in [-0.05, 0) is 27.7 Å². The molecule has 2 heterocycles. The highest BCUT2D eigenvalue weighted by Gasteiger charge is 2.60. The maximum Gasteiger partial charge on any atom is 0.140 e. The third-order valence-corrected chi connectivity index (χ3v) is 3.94. The molecule has 2 aliphatic rings. The van der Waals surface area contributed by atoms with Gasteiger partial charge in [0.2, 0.25) is 0 Å². The van der Waals surface area contributed by atoms with E-state index in [9.17, 15) is 5.26 Å². The van der Waals surface area contributed by atoms with E-state index in [1.807, 2.05) is 13.8 Å². The maximum absolute atomic E-state index is 9.72. The molecule has 0 aliphatic carbocycles. The second-order valence-corrected chi connectivity index (χ2v) is 6.12. The third kappa shape index (κ3) is 1.97. The lowest BCUT2D eigenvalue weighted by Crippen LogP contribution is -2.61. The molecule has 0 saturated carbocycles. The molecule has 2 fully saturated rings. The molecule has 0 aromatic heterocycles. The summed E-state index contributed by atoms with van der Waals surface area (Å²) in [6, 6.07) is 2.54. The van der Waals surface area contributed by atoms with Gasteiger partial charge in [-0.15, -0.1) is 0 Å². The van der Waals surface area contributed by atoms with Gasteiger partial charge in [0.25, 0.3) is 0 Å². The molecule has 2 rings (SSSR count). The van der Waals surface area contributed by atoms with Crippen molar-refractivity contribution in [2.75, 3.05) is 26.3 Å². The van der Waals surface area contributed by atoms with Gasteiger partial charge in [-0.1, -0.05) is 0 Å². The van der Waals surface area contributed by atoms with Gasteiger partial charge in [-0.3, -0.25) is 4.90 Å². The molecule has 1 atom stereocenters. The topological polar surface area (TPSA) is 45.5 Å². The molecule has 0 N–H and O–H groups in total. The Morgan fingerprint density at radius 1 is 1.12 bits per heavy atom. The van der Waals surface area contributed by atoms with Crippen molar-refractivity contribution < 1.29 is 9.47 Å². The predicted octanol–water partition coefficient (Wildman–Crippen LogP) is 1.56. The summed E-state index contributed by atoms with van der Waals surface area (Å²) in [7, 11) is 0. The van der Waals surface area contributed by atoms with Gasteiger partial charge in [-0.2, -0.15) is 5.26 Å². The number of hydrogen-bond acceptors (Lipinski definition) is 4. The normalized spacial score (nSPS) is 36.6. The first-order chi connectivity index (χ1) is 7.83. The van der Waals surface area contributed by atoms with Crippen molar-refractivity contribution in [2.24, 2.45) is 0 Å². The summed E-state index contributed by atoms with van der Waals surface area (Å²) >= 11 is 0. The predicted molar refractivity (Wildman–Crippen MR) is 64.6 cm³/mol. The second-order valence-electron chi connectivity index (χ2n) is 6.12. The van der Waals surface area contributed by atoms with E-state index in [0.717, 1.165) is 19.5 Å². The quantitative estimate of drug-likeness (QED) is 0.695. The van der Waals surface area contributed by atoms with Crippen LogP contribution in [0, 0.1) is 11.3 Å². The number of morpholine rings is 1. The van der Waals surface area contributed by atoms with Crippen molar-refractivity contribution in [3.05, 3.63) is 0 Å². The van der Waals surface area contributed by atoms with Crippen molar-refractivity contribution in [2.45, 2.75) is 50.9 Å². The molecule has 17 heavy (non-hydrogen) atoms. The smallest absolute Gasteiger partial charge is 0.140 e. The van der Waals surface area contributed by atoms with E-state index in [2.05, 4.69) is 24.8 Å². The number of hydrogen-bond donors (Lipinski definition) is 0. The maximum atomic E-state index is 9.72. The summed E-state index contributed by atoms with van der Waals surface area (Å²) in [5.41, 5.74) is -1.21. The SMILES string of the molecule is CC1(C)CC(C#N)(N2CCOCC2)C(C)(C)O1. The van der Waals surface area contributed by atoms with Crippen LogP contribution in [-0.4, -0.2) is 47.9 Å². The first kappa shape index (κ1) is 12.8. The Bertz CT molecular complexity index is 340. The summed E-state index contributed by atoms with van der Waals surface area (Å²) in [5.74, 6) is 0. The zero-order valence-corrected chi connectivity index (χ0v) is 11.2. The van der Waals surface area contributed by atoms with E-state index in [4.69, 9.17) is 9.47 Å².